The Morgan fingerprint density at radius 1 is 1.39 bits per heavy atom. The van der Waals surface area contributed by atoms with Crippen molar-refractivity contribution < 1.29 is 19.4 Å². The van der Waals surface area contributed by atoms with E-state index in [1.807, 2.05) is 16.0 Å². The molecule has 0 unspecified atom stereocenters. The molecular formula is C16H13ClFNO3S. The maximum atomic E-state index is 13.8. The minimum Gasteiger partial charge on any atom is -0.505 e. The first-order chi connectivity index (χ1) is 10.9. The van der Waals surface area contributed by atoms with Crippen LogP contribution in [0.1, 0.15) is 16.8 Å². The summed E-state index contributed by atoms with van der Waals surface area (Å²) in [5.41, 5.74) is 2.81. The number of nitrogens with zero attached hydrogens (tertiary/aromatic N) is 1. The zero-order chi connectivity index (χ0) is 16.7. The number of halogens is 2. The molecule has 3 aromatic rings. The number of carboxylic acid groups (broad SMARTS) is 1. The number of aliphatic carboxylic acids is 1. The van der Waals surface area contributed by atoms with Crippen molar-refractivity contribution in [2.75, 3.05) is 0 Å². The maximum Gasteiger partial charge on any atom is 0.307 e. The van der Waals surface area contributed by atoms with E-state index in [9.17, 15) is 14.3 Å². The predicted octanol–water partition coefficient (Wildman–Crippen LogP) is 4.18. The number of aromatic nitrogens is 1. The normalized spacial score (nSPS) is 11.3. The molecule has 0 atom stereocenters. The number of thiophene rings is 1. The highest BCUT2D eigenvalue weighted by atomic mass is 35.5. The molecule has 0 fully saturated rings. The molecule has 0 aliphatic carbocycles. The molecule has 4 nitrogen and oxygen atoms in total. The Hall–Kier alpha value is -2.05. The molecule has 0 aliphatic rings. The molecule has 120 valence electrons. The molecule has 1 aromatic carbocycles. The van der Waals surface area contributed by atoms with Crippen molar-refractivity contribution in [3.63, 3.8) is 0 Å². The van der Waals surface area contributed by atoms with Crippen molar-refractivity contribution in [2.24, 2.45) is 0 Å². The van der Waals surface area contributed by atoms with Gasteiger partial charge in [-0.25, -0.2) is 4.39 Å². The first-order valence-electron chi connectivity index (χ1n) is 6.81. The third-order valence-electron chi connectivity index (χ3n) is 3.81. The van der Waals surface area contributed by atoms with E-state index in [1.54, 1.807) is 6.92 Å². The highest BCUT2D eigenvalue weighted by Gasteiger charge is 2.19. The number of benzene rings is 1. The zero-order valence-electron chi connectivity index (χ0n) is 12.1. The topological polar surface area (TPSA) is 62.5 Å². The SMILES string of the molecule is Cc1c(CC(=O)O)c2cc(O)c(F)cc2n1Cc1csc(Cl)c1. The van der Waals surface area contributed by atoms with Crippen LogP contribution in [-0.4, -0.2) is 20.7 Å². The summed E-state index contributed by atoms with van der Waals surface area (Å²) < 4.78 is 16.3. The van der Waals surface area contributed by atoms with Crippen LogP contribution in [0.2, 0.25) is 4.34 Å². The van der Waals surface area contributed by atoms with E-state index < -0.39 is 17.5 Å². The van der Waals surface area contributed by atoms with E-state index >= 15 is 0 Å². The Kier molecular flexibility index (Phi) is 4.04. The summed E-state index contributed by atoms with van der Waals surface area (Å²) in [4.78, 5) is 11.1. The molecular weight excluding hydrogens is 341 g/mol. The minimum atomic E-state index is -0.977. The van der Waals surface area contributed by atoms with Crippen LogP contribution in [0.15, 0.2) is 23.6 Å². The second-order valence-corrected chi connectivity index (χ2v) is 6.84. The van der Waals surface area contributed by atoms with Gasteiger partial charge in [-0.3, -0.25) is 4.79 Å². The second kappa shape index (κ2) is 5.86. The van der Waals surface area contributed by atoms with E-state index in [0.29, 0.717) is 27.3 Å². The fraction of sp³-hybridized carbons (Fsp3) is 0.188. The van der Waals surface area contributed by atoms with Crippen molar-refractivity contribution in [1.82, 2.24) is 4.57 Å². The van der Waals surface area contributed by atoms with Gasteiger partial charge in [-0.2, -0.15) is 0 Å². The largest absolute Gasteiger partial charge is 0.505 e. The number of carboxylic acids is 1. The van der Waals surface area contributed by atoms with Crippen LogP contribution in [-0.2, 0) is 17.8 Å². The summed E-state index contributed by atoms with van der Waals surface area (Å²) in [6.07, 6.45) is -0.190. The highest BCUT2D eigenvalue weighted by Crippen LogP contribution is 2.32. The van der Waals surface area contributed by atoms with Gasteiger partial charge >= 0.3 is 5.97 Å². The molecule has 0 bridgehead atoms. The lowest BCUT2D eigenvalue weighted by atomic mass is 10.1. The molecule has 2 heterocycles. The number of hydrogen-bond donors (Lipinski definition) is 2. The summed E-state index contributed by atoms with van der Waals surface area (Å²) in [5, 5.41) is 21.2. The number of phenols is 1. The van der Waals surface area contributed by atoms with Crippen LogP contribution >= 0.6 is 22.9 Å². The Labute approximate surface area is 140 Å². The molecule has 2 N–H and O–H groups in total. The first kappa shape index (κ1) is 15.8. The minimum absolute atomic E-state index is 0.190. The van der Waals surface area contributed by atoms with Gasteiger partial charge in [0, 0.05) is 23.7 Å². The van der Waals surface area contributed by atoms with Crippen molar-refractivity contribution in [3.05, 3.63) is 50.6 Å². The van der Waals surface area contributed by atoms with Crippen molar-refractivity contribution in [2.45, 2.75) is 19.9 Å². The number of rotatable bonds is 4. The predicted molar refractivity (Wildman–Crippen MR) is 88.1 cm³/mol. The lowest BCUT2D eigenvalue weighted by molar-refractivity contribution is -0.136. The lowest BCUT2D eigenvalue weighted by Gasteiger charge is -2.07. The number of aromatic hydroxyl groups is 1. The van der Waals surface area contributed by atoms with E-state index in [2.05, 4.69) is 0 Å². The third-order valence-corrected chi connectivity index (χ3v) is 4.95. The molecule has 2 aromatic heterocycles. The molecule has 0 radical (unpaired) electrons. The second-order valence-electron chi connectivity index (χ2n) is 5.30. The van der Waals surface area contributed by atoms with Gasteiger partial charge in [-0.05, 0) is 35.6 Å². The molecule has 3 rings (SSSR count). The van der Waals surface area contributed by atoms with E-state index in [4.69, 9.17) is 16.7 Å². The standard InChI is InChI=1S/C16H13ClFNO3S/c1-8-10(4-16(21)22)11-3-14(20)12(18)5-13(11)19(8)6-9-2-15(17)23-7-9/h2-3,5,7,20H,4,6H2,1H3,(H,21,22). The van der Waals surface area contributed by atoms with Gasteiger partial charge in [0.1, 0.15) is 0 Å². The molecule has 23 heavy (non-hydrogen) atoms. The van der Waals surface area contributed by atoms with E-state index in [0.717, 1.165) is 11.3 Å². The lowest BCUT2D eigenvalue weighted by Crippen LogP contribution is -2.04. The van der Waals surface area contributed by atoms with Gasteiger partial charge in [0.15, 0.2) is 11.6 Å². The summed E-state index contributed by atoms with van der Waals surface area (Å²) in [6, 6.07) is 4.34. The number of carbonyl (C=O) groups is 1. The van der Waals surface area contributed by atoms with Gasteiger partial charge in [0.2, 0.25) is 0 Å². The van der Waals surface area contributed by atoms with Gasteiger partial charge < -0.3 is 14.8 Å². The fourth-order valence-corrected chi connectivity index (χ4v) is 3.64. The Bertz CT molecular complexity index is 916. The summed E-state index contributed by atoms with van der Waals surface area (Å²) in [7, 11) is 0. The van der Waals surface area contributed by atoms with E-state index in [-0.39, 0.29) is 6.42 Å². The van der Waals surface area contributed by atoms with Crippen molar-refractivity contribution in [1.29, 1.82) is 0 Å². The van der Waals surface area contributed by atoms with Crippen LogP contribution in [0.3, 0.4) is 0 Å². The average molecular weight is 354 g/mol. The van der Waals surface area contributed by atoms with Crippen LogP contribution in [0, 0.1) is 12.7 Å². The average Bonchev–Trinajstić information content (AvgIpc) is 2.98. The quantitative estimate of drug-likeness (QED) is 0.739. The highest BCUT2D eigenvalue weighted by molar-refractivity contribution is 7.14. The Morgan fingerprint density at radius 2 is 2.13 bits per heavy atom. The van der Waals surface area contributed by atoms with Gasteiger partial charge in [-0.1, -0.05) is 11.6 Å². The zero-order valence-corrected chi connectivity index (χ0v) is 13.7. The summed E-state index contributed by atoms with van der Waals surface area (Å²) in [6.45, 7) is 2.25. The van der Waals surface area contributed by atoms with Gasteiger partial charge in [0.25, 0.3) is 0 Å². The molecule has 0 saturated heterocycles. The number of hydrogen-bond acceptors (Lipinski definition) is 3. The molecule has 0 spiro atoms. The van der Waals surface area contributed by atoms with Crippen LogP contribution in [0.25, 0.3) is 10.9 Å². The molecule has 0 saturated carbocycles. The maximum absolute atomic E-state index is 13.8. The fourth-order valence-electron chi connectivity index (χ4n) is 2.74. The number of fused-ring (bicyclic) bond motifs is 1. The molecule has 0 aliphatic heterocycles. The molecule has 0 amide bonds. The van der Waals surface area contributed by atoms with Crippen LogP contribution in [0.4, 0.5) is 4.39 Å². The van der Waals surface area contributed by atoms with Gasteiger partial charge in [0.05, 0.1) is 16.3 Å². The van der Waals surface area contributed by atoms with Crippen molar-refractivity contribution in [3.8, 4) is 5.75 Å². The first-order valence-corrected chi connectivity index (χ1v) is 8.07. The number of phenolic OH excluding ortho intramolecular Hbond substituents is 1. The Balaban J connectivity index is 2.21. The van der Waals surface area contributed by atoms with E-state index in [1.165, 1.54) is 23.5 Å². The van der Waals surface area contributed by atoms with Crippen molar-refractivity contribution >= 4 is 39.8 Å². The smallest absolute Gasteiger partial charge is 0.307 e. The van der Waals surface area contributed by atoms with Crippen LogP contribution < -0.4 is 0 Å². The Morgan fingerprint density at radius 3 is 2.74 bits per heavy atom. The summed E-state index contributed by atoms with van der Waals surface area (Å²) >= 11 is 7.35. The third kappa shape index (κ3) is 2.92. The summed E-state index contributed by atoms with van der Waals surface area (Å²) in [5.74, 6) is -2.20. The van der Waals surface area contributed by atoms with Crippen LogP contribution in [0.5, 0.6) is 5.75 Å². The monoisotopic (exact) mass is 353 g/mol. The van der Waals surface area contributed by atoms with Gasteiger partial charge in [-0.15, -0.1) is 11.3 Å². The molecule has 7 heteroatoms.